The van der Waals surface area contributed by atoms with Crippen LogP contribution in [0.4, 0.5) is 5.69 Å². The molecule has 2 aromatic rings. The minimum atomic E-state index is 0. The van der Waals surface area contributed by atoms with Gasteiger partial charge >= 0.3 is 0 Å². The van der Waals surface area contributed by atoms with Crippen molar-refractivity contribution >= 4 is 35.6 Å². The minimum absolute atomic E-state index is 0. The van der Waals surface area contributed by atoms with E-state index < -0.39 is 0 Å². The number of halogens is 1. The zero-order valence-corrected chi connectivity index (χ0v) is 19.8. The highest BCUT2D eigenvalue weighted by Gasteiger charge is 2.06. The summed E-state index contributed by atoms with van der Waals surface area (Å²) in [5, 5.41) is 6.59. The van der Waals surface area contributed by atoms with Crippen molar-refractivity contribution in [2.24, 2.45) is 4.99 Å². The van der Waals surface area contributed by atoms with Crippen LogP contribution >= 0.6 is 24.0 Å². The Labute approximate surface area is 191 Å². The molecule has 0 aromatic heterocycles. The van der Waals surface area contributed by atoms with Crippen LogP contribution in [0.3, 0.4) is 0 Å². The summed E-state index contributed by atoms with van der Waals surface area (Å²) in [6, 6.07) is 16.0. The molecule has 0 bridgehead atoms. The number of hydrogen-bond acceptors (Lipinski definition) is 4. The van der Waals surface area contributed by atoms with Crippen LogP contribution in [-0.2, 0) is 11.3 Å². The van der Waals surface area contributed by atoms with Gasteiger partial charge in [0.1, 0.15) is 0 Å². The second-order valence-corrected chi connectivity index (χ2v) is 6.17. The van der Waals surface area contributed by atoms with Crippen molar-refractivity contribution in [3.8, 4) is 11.5 Å². The number of rotatable bonds is 11. The molecule has 0 amide bonds. The van der Waals surface area contributed by atoms with E-state index in [2.05, 4.69) is 27.8 Å². The molecule has 2 N–H and O–H groups in total. The van der Waals surface area contributed by atoms with Crippen molar-refractivity contribution in [1.82, 2.24) is 5.32 Å². The lowest BCUT2D eigenvalue weighted by molar-refractivity contribution is 0.117. The van der Waals surface area contributed by atoms with E-state index in [0.29, 0.717) is 24.7 Å². The van der Waals surface area contributed by atoms with Crippen molar-refractivity contribution in [1.29, 1.82) is 0 Å². The molecule has 160 valence electrons. The number of unbranched alkanes of at least 4 members (excludes halogenated alkanes) is 1. The van der Waals surface area contributed by atoms with Crippen molar-refractivity contribution in [3.63, 3.8) is 0 Å². The number of guanidine groups is 1. The fraction of sp³-hybridized carbons (Fsp3) is 0.409. The van der Waals surface area contributed by atoms with Gasteiger partial charge in [0, 0.05) is 32.0 Å². The van der Waals surface area contributed by atoms with Gasteiger partial charge in [0.2, 0.25) is 0 Å². The van der Waals surface area contributed by atoms with Crippen LogP contribution in [0.2, 0.25) is 0 Å². The summed E-state index contributed by atoms with van der Waals surface area (Å²) in [4.78, 5) is 4.27. The molecule has 0 aliphatic carbocycles. The third kappa shape index (κ3) is 9.36. The van der Waals surface area contributed by atoms with Crippen LogP contribution in [-0.4, -0.2) is 39.9 Å². The molecule has 0 saturated heterocycles. The molecule has 0 saturated carbocycles. The first-order chi connectivity index (χ1) is 13.8. The molecule has 0 fully saturated rings. The number of nitrogens with one attached hydrogen (secondary N) is 2. The fourth-order valence-electron chi connectivity index (χ4n) is 2.64. The molecule has 7 heteroatoms. The zero-order chi connectivity index (χ0) is 20.0. The maximum atomic E-state index is 5.71. The van der Waals surface area contributed by atoms with Crippen LogP contribution in [0.1, 0.15) is 25.3 Å². The lowest BCUT2D eigenvalue weighted by Crippen LogP contribution is -2.31. The summed E-state index contributed by atoms with van der Waals surface area (Å²) in [6.07, 6.45) is 2.00. The Balaban J connectivity index is 0.00000420. The minimum Gasteiger partial charge on any atom is -0.493 e. The van der Waals surface area contributed by atoms with Gasteiger partial charge in [-0.3, -0.25) is 4.99 Å². The number of nitrogens with zero attached hydrogens (tertiary/aromatic N) is 1. The summed E-state index contributed by atoms with van der Waals surface area (Å²) in [5.74, 6) is 2.14. The number of methoxy groups -OCH3 is 1. The molecule has 0 aliphatic rings. The third-order valence-electron chi connectivity index (χ3n) is 4.07. The van der Waals surface area contributed by atoms with Crippen LogP contribution in [0.25, 0.3) is 0 Å². The van der Waals surface area contributed by atoms with Crippen molar-refractivity contribution < 1.29 is 14.2 Å². The highest BCUT2D eigenvalue weighted by Crippen LogP contribution is 2.30. The highest BCUT2D eigenvalue weighted by atomic mass is 127. The highest BCUT2D eigenvalue weighted by molar-refractivity contribution is 14.0. The SMILES string of the molecule is CCOc1cc(NC(=NC)NCCCCOCc2ccccc2)ccc1OC.I. The van der Waals surface area contributed by atoms with Gasteiger partial charge < -0.3 is 24.8 Å². The Morgan fingerprint density at radius 2 is 1.83 bits per heavy atom. The Bertz CT molecular complexity index is 726. The lowest BCUT2D eigenvalue weighted by atomic mass is 10.2. The normalized spacial score (nSPS) is 10.8. The molecule has 0 atom stereocenters. The summed E-state index contributed by atoms with van der Waals surface area (Å²) < 4.78 is 16.6. The van der Waals surface area contributed by atoms with E-state index in [1.165, 1.54) is 5.56 Å². The van der Waals surface area contributed by atoms with Gasteiger partial charge in [-0.2, -0.15) is 0 Å². The lowest BCUT2D eigenvalue weighted by Gasteiger charge is -2.14. The molecule has 2 rings (SSSR count). The topological polar surface area (TPSA) is 64.1 Å². The van der Waals surface area contributed by atoms with Gasteiger partial charge in [-0.15, -0.1) is 24.0 Å². The Kier molecular flexibility index (Phi) is 12.9. The largest absolute Gasteiger partial charge is 0.493 e. The van der Waals surface area contributed by atoms with E-state index in [1.807, 2.05) is 43.3 Å². The molecule has 29 heavy (non-hydrogen) atoms. The van der Waals surface area contributed by atoms with Crippen molar-refractivity contribution in [2.75, 3.05) is 39.2 Å². The van der Waals surface area contributed by atoms with Crippen LogP contribution in [0.15, 0.2) is 53.5 Å². The average molecular weight is 513 g/mol. The summed E-state index contributed by atoms with van der Waals surface area (Å²) in [7, 11) is 3.39. The molecular formula is C22H32IN3O3. The molecule has 0 spiro atoms. The van der Waals surface area contributed by atoms with E-state index in [9.17, 15) is 0 Å². The number of ether oxygens (including phenoxy) is 3. The predicted octanol–water partition coefficient (Wildman–Crippen LogP) is 4.70. The van der Waals surface area contributed by atoms with Gasteiger partial charge in [0.25, 0.3) is 0 Å². The first-order valence-electron chi connectivity index (χ1n) is 9.67. The number of benzene rings is 2. The van der Waals surface area contributed by atoms with E-state index in [-0.39, 0.29) is 24.0 Å². The Morgan fingerprint density at radius 1 is 1.03 bits per heavy atom. The van der Waals surface area contributed by atoms with Gasteiger partial charge in [-0.1, -0.05) is 30.3 Å². The van der Waals surface area contributed by atoms with Crippen molar-refractivity contribution in [2.45, 2.75) is 26.4 Å². The van der Waals surface area contributed by atoms with Crippen LogP contribution in [0, 0.1) is 0 Å². The quantitative estimate of drug-likeness (QED) is 0.198. The summed E-state index contributed by atoms with van der Waals surface area (Å²) in [5.41, 5.74) is 2.10. The molecule has 0 aliphatic heterocycles. The second kappa shape index (κ2) is 14.9. The first-order valence-corrected chi connectivity index (χ1v) is 9.67. The van der Waals surface area contributed by atoms with E-state index >= 15 is 0 Å². The van der Waals surface area contributed by atoms with E-state index in [1.54, 1.807) is 14.2 Å². The molecule has 0 heterocycles. The molecule has 2 aromatic carbocycles. The van der Waals surface area contributed by atoms with Crippen LogP contribution in [0.5, 0.6) is 11.5 Å². The van der Waals surface area contributed by atoms with Gasteiger partial charge in [0.05, 0.1) is 20.3 Å². The number of anilines is 1. The maximum absolute atomic E-state index is 5.71. The predicted molar refractivity (Wildman–Crippen MR) is 130 cm³/mol. The zero-order valence-electron chi connectivity index (χ0n) is 17.4. The van der Waals surface area contributed by atoms with Crippen LogP contribution < -0.4 is 20.1 Å². The monoisotopic (exact) mass is 513 g/mol. The molecule has 0 unspecified atom stereocenters. The molecular weight excluding hydrogens is 481 g/mol. The third-order valence-corrected chi connectivity index (χ3v) is 4.07. The first kappa shape index (κ1) is 25.0. The van der Waals surface area contributed by atoms with E-state index in [4.69, 9.17) is 14.2 Å². The van der Waals surface area contributed by atoms with Gasteiger partial charge in [0.15, 0.2) is 17.5 Å². The molecule has 6 nitrogen and oxygen atoms in total. The van der Waals surface area contributed by atoms with E-state index in [0.717, 1.165) is 37.6 Å². The van der Waals surface area contributed by atoms with Gasteiger partial charge in [-0.25, -0.2) is 0 Å². The Hall–Kier alpha value is -2.00. The average Bonchev–Trinajstić information content (AvgIpc) is 2.73. The number of hydrogen-bond donors (Lipinski definition) is 2. The maximum Gasteiger partial charge on any atom is 0.195 e. The van der Waals surface area contributed by atoms with Gasteiger partial charge in [-0.05, 0) is 37.5 Å². The standard InChI is InChI=1S/C22H31N3O3.HI/c1-4-28-21-16-19(12-13-20(21)26-3)25-22(23-2)24-14-8-9-15-27-17-18-10-6-5-7-11-18;/h5-7,10-13,16H,4,8-9,14-15,17H2,1-3H3,(H2,23,24,25);1H. The smallest absolute Gasteiger partial charge is 0.195 e. The number of aliphatic imine (C=N–C) groups is 1. The second-order valence-electron chi connectivity index (χ2n) is 6.17. The Morgan fingerprint density at radius 3 is 2.52 bits per heavy atom. The molecule has 0 radical (unpaired) electrons. The summed E-state index contributed by atoms with van der Waals surface area (Å²) in [6.45, 7) is 4.77. The summed E-state index contributed by atoms with van der Waals surface area (Å²) >= 11 is 0. The fourth-order valence-corrected chi connectivity index (χ4v) is 2.64. The van der Waals surface area contributed by atoms with Crippen molar-refractivity contribution in [3.05, 3.63) is 54.1 Å².